The molecule has 0 bridgehead atoms. The van der Waals surface area contributed by atoms with Crippen molar-refractivity contribution in [1.82, 2.24) is 10.3 Å². The summed E-state index contributed by atoms with van der Waals surface area (Å²) in [5.41, 5.74) is 1.94. The van der Waals surface area contributed by atoms with Crippen molar-refractivity contribution in [2.45, 2.75) is 32.7 Å². The van der Waals surface area contributed by atoms with Gasteiger partial charge in [-0.15, -0.1) is 6.58 Å². The molecular formula is C13H18Cl2N2. The van der Waals surface area contributed by atoms with Crippen molar-refractivity contribution >= 4 is 23.2 Å². The molecule has 1 heterocycles. The fraction of sp³-hybridized carbons (Fsp3) is 0.462. The van der Waals surface area contributed by atoms with Gasteiger partial charge in [-0.1, -0.05) is 35.7 Å². The number of pyridine rings is 1. The van der Waals surface area contributed by atoms with E-state index >= 15 is 0 Å². The van der Waals surface area contributed by atoms with Crippen LogP contribution in [0.4, 0.5) is 0 Å². The third kappa shape index (κ3) is 4.66. The number of hydrogen-bond donors (Lipinski definition) is 1. The summed E-state index contributed by atoms with van der Waals surface area (Å²) in [6.45, 7) is 9.00. The van der Waals surface area contributed by atoms with Crippen LogP contribution in [0.5, 0.6) is 0 Å². The van der Waals surface area contributed by atoms with Crippen LogP contribution in [-0.2, 0) is 0 Å². The maximum Gasteiger partial charge on any atom is 0.0763 e. The van der Waals surface area contributed by atoms with E-state index in [2.05, 4.69) is 23.8 Å². The SMILES string of the molecule is C=C(C)CC(NCCC)c1ncc(Cl)cc1Cl. The maximum absolute atomic E-state index is 6.17. The van der Waals surface area contributed by atoms with E-state index in [1.54, 1.807) is 12.3 Å². The quantitative estimate of drug-likeness (QED) is 0.777. The average molecular weight is 273 g/mol. The molecule has 0 fully saturated rings. The normalized spacial score (nSPS) is 12.5. The minimum absolute atomic E-state index is 0.109. The number of rotatable bonds is 6. The van der Waals surface area contributed by atoms with Gasteiger partial charge >= 0.3 is 0 Å². The van der Waals surface area contributed by atoms with E-state index in [0.29, 0.717) is 10.0 Å². The molecule has 1 aromatic rings. The number of nitrogens with zero attached hydrogens (tertiary/aromatic N) is 1. The predicted octanol–water partition coefficient (Wildman–Crippen LogP) is 4.40. The second-order valence-corrected chi connectivity index (χ2v) is 5.03. The van der Waals surface area contributed by atoms with E-state index in [0.717, 1.165) is 30.7 Å². The van der Waals surface area contributed by atoms with Gasteiger partial charge in [0.1, 0.15) is 0 Å². The molecule has 1 atom stereocenters. The van der Waals surface area contributed by atoms with Crippen LogP contribution in [-0.4, -0.2) is 11.5 Å². The lowest BCUT2D eigenvalue weighted by molar-refractivity contribution is 0.517. The monoisotopic (exact) mass is 272 g/mol. The molecule has 1 rings (SSSR count). The van der Waals surface area contributed by atoms with Gasteiger partial charge in [0.05, 0.1) is 21.8 Å². The molecule has 17 heavy (non-hydrogen) atoms. The smallest absolute Gasteiger partial charge is 0.0763 e. The Balaban J connectivity index is 2.90. The molecule has 0 saturated carbocycles. The van der Waals surface area contributed by atoms with Crippen molar-refractivity contribution in [2.24, 2.45) is 0 Å². The van der Waals surface area contributed by atoms with Gasteiger partial charge in [0.2, 0.25) is 0 Å². The lowest BCUT2D eigenvalue weighted by atomic mass is 10.0. The van der Waals surface area contributed by atoms with Crippen LogP contribution in [0.25, 0.3) is 0 Å². The molecule has 2 nitrogen and oxygen atoms in total. The lowest BCUT2D eigenvalue weighted by Crippen LogP contribution is -2.23. The average Bonchev–Trinajstić information content (AvgIpc) is 2.24. The first kappa shape index (κ1) is 14.5. The molecule has 1 N–H and O–H groups in total. The molecule has 0 aliphatic heterocycles. The zero-order chi connectivity index (χ0) is 12.8. The Bertz CT molecular complexity index is 391. The summed E-state index contributed by atoms with van der Waals surface area (Å²) in [6.07, 6.45) is 3.52. The van der Waals surface area contributed by atoms with E-state index in [4.69, 9.17) is 23.2 Å². The van der Waals surface area contributed by atoms with Gasteiger partial charge in [0.15, 0.2) is 0 Å². The van der Waals surface area contributed by atoms with E-state index in [1.165, 1.54) is 0 Å². The topological polar surface area (TPSA) is 24.9 Å². The molecule has 0 saturated heterocycles. The van der Waals surface area contributed by atoms with E-state index in [1.807, 2.05) is 6.92 Å². The first-order valence-electron chi connectivity index (χ1n) is 5.73. The Morgan fingerprint density at radius 1 is 1.53 bits per heavy atom. The van der Waals surface area contributed by atoms with Crippen molar-refractivity contribution < 1.29 is 0 Å². The van der Waals surface area contributed by atoms with Gasteiger partial charge in [-0.3, -0.25) is 4.98 Å². The summed E-state index contributed by atoms with van der Waals surface area (Å²) >= 11 is 12.0. The fourth-order valence-corrected chi connectivity index (χ4v) is 2.13. The van der Waals surface area contributed by atoms with Crippen LogP contribution < -0.4 is 5.32 Å². The summed E-state index contributed by atoms with van der Waals surface area (Å²) in [6, 6.07) is 1.84. The second kappa shape index (κ2) is 7.00. The van der Waals surface area contributed by atoms with Gasteiger partial charge in [-0.05, 0) is 32.4 Å². The Morgan fingerprint density at radius 3 is 2.76 bits per heavy atom. The molecule has 0 amide bonds. The third-order valence-corrected chi connectivity index (χ3v) is 2.87. The minimum Gasteiger partial charge on any atom is -0.308 e. The largest absolute Gasteiger partial charge is 0.308 e. The van der Waals surface area contributed by atoms with Gasteiger partial charge in [0.25, 0.3) is 0 Å². The number of aromatic nitrogens is 1. The van der Waals surface area contributed by atoms with Crippen LogP contribution in [0, 0.1) is 0 Å². The highest BCUT2D eigenvalue weighted by atomic mass is 35.5. The van der Waals surface area contributed by atoms with Crippen molar-refractivity contribution in [3.63, 3.8) is 0 Å². The summed E-state index contributed by atoms with van der Waals surface area (Å²) in [4.78, 5) is 4.32. The highest BCUT2D eigenvalue weighted by Crippen LogP contribution is 2.27. The van der Waals surface area contributed by atoms with Crippen molar-refractivity contribution in [3.05, 3.63) is 40.2 Å². The second-order valence-electron chi connectivity index (χ2n) is 4.19. The Labute approximate surface area is 113 Å². The van der Waals surface area contributed by atoms with E-state index in [9.17, 15) is 0 Å². The molecule has 1 unspecified atom stereocenters. The fourth-order valence-electron chi connectivity index (χ4n) is 1.61. The maximum atomic E-state index is 6.17. The van der Waals surface area contributed by atoms with Gasteiger partial charge in [-0.25, -0.2) is 0 Å². The van der Waals surface area contributed by atoms with Crippen LogP contribution in [0.2, 0.25) is 10.0 Å². The van der Waals surface area contributed by atoms with Crippen LogP contribution in [0.1, 0.15) is 38.4 Å². The molecule has 0 aliphatic carbocycles. The lowest BCUT2D eigenvalue weighted by Gasteiger charge is -2.19. The first-order valence-corrected chi connectivity index (χ1v) is 6.49. The summed E-state index contributed by atoms with van der Waals surface area (Å²) < 4.78 is 0. The zero-order valence-corrected chi connectivity index (χ0v) is 11.8. The zero-order valence-electron chi connectivity index (χ0n) is 10.3. The van der Waals surface area contributed by atoms with Crippen molar-refractivity contribution in [1.29, 1.82) is 0 Å². The van der Waals surface area contributed by atoms with Gasteiger partial charge in [-0.2, -0.15) is 0 Å². The predicted molar refractivity (Wildman–Crippen MR) is 74.7 cm³/mol. The summed E-state index contributed by atoms with van der Waals surface area (Å²) in [5, 5.41) is 4.59. The van der Waals surface area contributed by atoms with Crippen LogP contribution in [0.15, 0.2) is 24.4 Å². The standard InChI is InChI=1S/C13H18Cl2N2/c1-4-5-16-12(6-9(2)3)13-11(15)7-10(14)8-17-13/h7-8,12,16H,2,4-6H2,1,3H3. The summed E-state index contributed by atoms with van der Waals surface area (Å²) in [5.74, 6) is 0. The van der Waals surface area contributed by atoms with Gasteiger partial charge in [0, 0.05) is 6.20 Å². The number of halogens is 2. The van der Waals surface area contributed by atoms with Crippen LogP contribution >= 0.6 is 23.2 Å². The third-order valence-electron chi connectivity index (χ3n) is 2.36. The van der Waals surface area contributed by atoms with Gasteiger partial charge < -0.3 is 5.32 Å². The highest BCUT2D eigenvalue weighted by Gasteiger charge is 2.16. The first-order chi connectivity index (χ1) is 8.04. The number of nitrogens with one attached hydrogen (secondary N) is 1. The highest BCUT2D eigenvalue weighted by molar-refractivity contribution is 6.34. The van der Waals surface area contributed by atoms with E-state index in [-0.39, 0.29) is 6.04 Å². The summed E-state index contributed by atoms with van der Waals surface area (Å²) in [7, 11) is 0. The molecular weight excluding hydrogens is 255 g/mol. The molecule has 0 spiro atoms. The number of hydrogen-bond acceptors (Lipinski definition) is 2. The van der Waals surface area contributed by atoms with E-state index < -0.39 is 0 Å². The molecule has 0 aromatic carbocycles. The molecule has 4 heteroatoms. The molecule has 0 radical (unpaired) electrons. The Morgan fingerprint density at radius 2 is 2.24 bits per heavy atom. The Kier molecular flexibility index (Phi) is 5.96. The van der Waals surface area contributed by atoms with Crippen LogP contribution in [0.3, 0.4) is 0 Å². The molecule has 1 aromatic heterocycles. The molecule has 94 valence electrons. The Hall–Kier alpha value is -0.570. The van der Waals surface area contributed by atoms with Crippen molar-refractivity contribution in [3.8, 4) is 0 Å². The van der Waals surface area contributed by atoms with Crippen molar-refractivity contribution in [2.75, 3.05) is 6.54 Å². The minimum atomic E-state index is 0.109. The molecule has 0 aliphatic rings.